The lowest BCUT2D eigenvalue weighted by Crippen LogP contribution is -2.46. The minimum atomic E-state index is -0.799. The first-order chi connectivity index (χ1) is 32.0. The number of ether oxygens (including phenoxy) is 1. The van der Waals surface area contributed by atoms with Crippen molar-refractivity contribution in [3.8, 4) is 0 Å². The second-order valence-corrected chi connectivity index (χ2v) is 19.3. The van der Waals surface area contributed by atoms with Gasteiger partial charge >= 0.3 is 5.97 Å². The van der Waals surface area contributed by atoms with Crippen LogP contribution in [0.3, 0.4) is 0 Å². The van der Waals surface area contributed by atoms with E-state index in [1.165, 1.54) is 173 Å². The van der Waals surface area contributed by atoms with E-state index in [0.29, 0.717) is 19.3 Å². The molecule has 0 aromatic rings. The van der Waals surface area contributed by atoms with Gasteiger partial charge in [-0.1, -0.05) is 236 Å². The van der Waals surface area contributed by atoms with Crippen LogP contribution in [0.25, 0.3) is 0 Å². The number of aliphatic hydroxyl groups is 2. The molecule has 0 rings (SSSR count). The quantitative estimate of drug-likeness (QED) is 0.0321. The van der Waals surface area contributed by atoms with Gasteiger partial charge in [-0.25, -0.2) is 0 Å². The molecular formula is C59H109NO5. The maximum Gasteiger partial charge on any atom is 0.306 e. The smallest absolute Gasteiger partial charge is 0.306 e. The summed E-state index contributed by atoms with van der Waals surface area (Å²) < 4.78 is 5.93. The number of carbonyl (C=O) groups is 2. The fraction of sp³-hybridized carbons (Fsp3) is 0.831. The summed E-state index contributed by atoms with van der Waals surface area (Å²) in [4.78, 5) is 26.2. The zero-order valence-corrected chi connectivity index (χ0v) is 43.4. The minimum Gasteiger partial charge on any atom is -0.462 e. The molecular weight excluding hydrogens is 803 g/mol. The van der Waals surface area contributed by atoms with E-state index in [2.05, 4.69) is 74.7 Å². The molecule has 0 bridgehead atoms. The highest BCUT2D eigenvalue weighted by molar-refractivity contribution is 5.77. The van der Waals surface area contributed by atoms with E-state index in [4.69, 9.17) is 4.74 Å². The van der Waals surface area contributed by atoms with Crippen LogP contribution in [0.5, 0.6) is 0 Å². The van der Waals surface area contributed by atoms with E-state index in [0.717, 1.165) is 70.6 Å². The van der Waals surface area contributed by atoms with E-state index in [-0.39, 0.29) is 24.9 Å². The second-order valence-electron chi connectivity index (χ2n) is 19.3. The Balaban J connectivity index is 4.60. The van der Waals surface area contributed by atoms with E-state index < -0.39 is 18.2 Å². The van der Waals surface area contributed by atoms with Gasteiger partial charge in [0.05, 0.1) is 25.2 Å². The number of hydrogen-bond donors (Lipinski definition) is 3. The van der Waals surface area contributed by atoms with Crippen LogP contribution in [0, 0.1) is 0 Å². The first-order valence-electron chi connectivity index (χ1n) is 28.4. The molecule has 0 fully saturated rings. The largest absolute Gasteiger partial charge is 0.462 e. The summed E-state index contributed by atoms with van der Waals surface area (Å²) in [6.07, 6.45) is 64.6. The van der Waals surface area contributed by atoms with Crippen molar-refractivity contribution in [2.45, 2.75) is 309 Å². The molecule has 0 aromatic carbocycles. The number of esters is 1. The lowest BCUT2D eigenvalue weighted by molar-refractivity contribution is -0.151. The maximum atomic E-state index is 13.2. The van der Waals surface area contributed by atoms with Gasteiger partial charge in [0.25, 0.3) is 0 Å². The molecule has 65 heavy (non-hydrogen) atoms. The molecule has 1 amide bonds. The van der Waals surface area contributed by atoms with Crippen LogP contribution < -0.4 is 5.32 Å². The van der Waals surface area contributed by atoms with E-state index in [9.17, 15) is 19.8 Å². The van der Waals surface area contributed by atoms with Crippen LogP contribution in [0.15, 0.2) is 48.6 Å². The molecule has 3 atom stereocenters. The third-order valence-electron chi connectivity index (χ3n) is 12.9. The Morgan fingerprint density at radius 1 is 0.446 bits per heavy atom. The van der Waals surface area contributed by atoms with Crippen LogP contribution in [-0.2, 0) is 14.3 Å². The number of carbonyl (C=O) groups excluding carboxylic acids is 2. The summed E-state index contributed by atoms with van der Waals surface area (Å²) >= 11 is 0. The Labute approximate surface area is 404 Å². The van der Waals surface area contributed by atoms with Crippen molar-refractivity contribution < 1.29 is 24.5 Å². The Hall–Kier alpha value is -2.18. The number of amides is 1. The van der Waals surface area contributed by atoms with Gasteiger partial charge in [-0.3, -0.25) is 9.59 Å². The molecule has 0 heterocycles. The molecule has 3 N–H and O–H groups in total. The number of aliphatic hydroxyl groups excluding tert-OH is 2. The molecule has 0 aliphatic rings. The summed E-state index contributed by atoms with van der Waals surface area (Å²) in [5.41, 5.74) is 0. The molecule has 6 nitrogen and oxygen atoms in total. The Kier molecular flexibility index (Phi) is 51.0. The van der Waals surface area contributed by atoms with Gasteiger partial charge in [0, 0.05) is 6.42 Å². The average molecular weight is 913 g/mol. The van der Waals surface area contributed by atoms with Gasteiger partial charge in [-0.15, -0.1) is 0 Å². The summed E-state index contributed by atoms with van der Waals surface area (Å²) in [5.74, 6) is -0.508. The summed E-state index contributed by atoms with van der Waals surface area (Å²) in [6, 6.07) is -0.715. The molecule has 3 unspecified atom stereocenters. The molecule has 0 saturated carbocycles. The van der Waals surface area contributed by atoms with E-state index >= 15 is 0 Å². The van der Waals surface area contributed by atoms with Crippen LogP contribution in [0.4, 0.5) is 0 Å². The predicted molar refractivity (Wildman–Crippen MR) is 282 cm³/mol. The van der Waals surface area contributed by atoms with Gasteiger partial charge in [-0.05, 0) is 89.9 Å². The first kappa shape index (κ1) is 62.8. The number of unbranched alkanes of at least 4 members (excludes halogenated alkanes) is 31. The second kappa shape index (κ2) is 52.8. The molecule has 6 heteroatoms. The van der Waals surface area contributed by atoms with Gasteiger partial charge in [0.2, 0.25) is 5.91 Å². The number of hydrogen-bond acceptors (Lipinski definition) is 5. The molecule has 380 valence electrons. The third-order valence-corrected chi connectivity index (χ3v) is 12.9. The Morgan fingerprint density at radius 2 is 0.785 bits per heavy atom. The van der Waals surface area contributed by atoms with Crippen LogP contribution in [0.1, 0.15) is 290 Å². The normalized spacial score (nSPS) is 13.5. The highest BCUT2D eigenvalue weighted by Crippen LogP contribution is 2.18. The SMILES string of the molecule is CCCCC/C=C\C/C=C\C/C=C\CCCCC(CC(=O)NC(CO)C(O)CCCCCCCCCCCCCCCCCC)OC(=O)CCCCCCCCC/C=C\CCCCCC. The van der Waals surface area contributed by atoms with Crippen molar-refractivity contribution in [3.63, 3.8) is 0 Å². The molecule has 0 aliphatic carbocycles. The fourth-order valence-corrected chi connectivity index (χ4v) is 8.55. The summed E-state index contributed by atoms with van der Waals surface area (Å²) in [6.45, 7) is 6.46. The zero-order chi connectivity index (χ0) is 47.4. The van der Waals surface area contributed by atoms with Crippen molar-refractivity contribution in [2.24, 2.45) is 0 Å². The topological polar surface area (TPSA) is 95.9 Å². The van der Waals surface area contributed by atoms with Crippen molar-refractivity contribution in [1.82, 2.24) is 5.32 Å². The first-order valence-corrected chi connectivity index (χ1v) is 28.4. The number of nitrogens with one attached hydrogen (secondary N) is 1. The summed E-state index contributed by atoms with van der Waals surface area (Å²) in [5, 5.41) is 23.9. The maximum absolute atomic E-state index is 13.2. The van der Waals surface area contributed by atoms with Crippen molar-refractivity contribution in [2.75, 3.05) is 6.61 Å². The minimum absolute atomic E-state index is 0.0513. The highest BCUT2D eigenvalue weighted by atomic mass is 16.5. The molecule has 0 aromatic heterocycles. The molecule has 0 spiro atoms. The van der Waals surface area contributed by atoms with Crippen LogP contribution >= 0.6 is 0 Å². The van der Waals surface area contributed by atoms with Gasteiger partial charge in [-0.2, -0.15) is 0 Å². The molecule has 0 radical (unpaired) electrons. The van der Waals surface area contributed by atoms with Crippen molar-refractivity contribution in [1.29, 1.82) is 0 Å². The van der Waals surface area contributed by atoms with Gasteiger partial charge in [0.1, 0.15) is 6.10 Å². The zero-order valence-electron chi connectivity index (χ0n) is 43.4. The lowest BCUT2D eigenvalue weighted by Gasteiger charge is -2.24. The van der Waals surface area contributed by atoms with Crippen LogP contribution in [0.2, 0.25) is 0 Å². The lowest BCUT2D eigenvalue weighted by atomic mass is 10.0. The highest BCUT2D eigenvalue weighted by Gasteiger charge is 2.24. The predicted octanol–water partition coefficient (Wildman–Crippen LogP) is 17.4. The van der Waals surface area contributed by atoms with Crippen molar-refractivity contribution >= 4 is 11.9 Å². The average Bonchev–Trinajstić information content (AvgIpc) is 3.30. The fourth-order valence-electron chi connectivity index (χ4n) is 8.55. The number of allylic oxidation sites excluding steroid dienone is 8. The third kappa shape index (κ3) is 48.1. The Bertz CT molecular complexity index is 1110. The molecule has 0 saturated heterocycles. The van der Waals surface area contributed by atoms with Gasteiger partial charge < -0.3 is 20.3 Å². The van der Waals surface area contributed by atoms with E-state index in [1.807, 2.05) is 0 Å². The molecule has 0 aliphatic heterocycles. The van der Waals surface area contributed by atoms with E-state index in [1.54, 1.807) is 0 Å². The standard InChI is InChI=1S/C59H109NO5/c1-4-7-10-13-16-19-22-25-28-31-33-36-39-42-45-48-51-57(62)56(54-61)60-58(63)53-55(50-47-44-41-38-35-32-29-26-23-20-17-14-11-8-5-2)65-59(64)52-49-46-43-40-37-34-30-27-24-21-18-15-12-9-6-3/h17,20-21,24,26,29,35,38,55-57,61-62H,4-16,18-19,22-23,25,27-28,30-34,36-37,39-54H2,1-3H3,(H,60,63)/b20-17-,24-21-,29-26-,38-35-. The monoisotopic (exact) mass is 912 g/mol. The van der Waals surface area contributed by atoms with Crippen molar-refractivity contribution in [3.05, 3.63) is 48.6 Å². The van der Waals surface area contributed by atoms with Crippen LogP contribution in [-0.4, -0.2) is 46.9 Å². The van der Waals surface area contributed by atoms with Gasteiger partial charge in [0.15, 0.2) is 0 Å². The summed E-state index contributed by atoms with van der Waals surface area (Å²) in [7, 11) is 0. The Morgan fingerprint density at radius 3 is 1.26 bits per heavy atom. The number of rotatable bonds is 51.